The molecule has 2 nitrogen and oxygen atoms in total. The molecule has 0 saturated heterocycles. The zero-order valence-corrected chi connectivity index (χ0v) is 11.6. The maximum atomic E-state index is 12.2. The number of hydrogen-bond acceptors (Lipinski definition) is 2. The van der Waals surface area contributed by atoms with E-state index >= 15 is 0 Å². The van der Waals surface area contributed by atoms with E-state index in [1.807, 2.05) is 0 Å². The van der Waals surface area contributed by atoms with Crippen molar-refractivity contribution in [3.05, 3.63) is 33.8 Å². The average molecular weight is 287 g/mol. The van der Waals surface area contributed by atoms with Crippen molar-refractivity contribution in [1.82, 2.24) is 0 Å². The lowest BCUT2D eigenvalue weighted by molar-refractivity contribution is -0.139. The first-order valence-corrected chi connectivity index (χ1v) is 6.96. The van der Waals surface area contributed by atoms with Gasteiger partial charge in [-0.3, -0.25) is 4.79 Å². The molecule has 1 fully saturated rings. The number of carbonyl (C=O) groups is 1. The van der Waals surface area contributed by atoms with Crippen LogP contribution >= 0.6 is 23.2 Å². The molecule has 0 amide bonds. The summed E-state index contributed by atoms with van der Waals surface area (Å²) in [7, 11) is 0. The number of carbonyl (C=O) groups excluding carboxylic acids is 1. The molecule has 0 aliphatic heterocycles. The number of rotatable bonds is 3. The van der Waals surface area contributed by atoms with Crippen molar-refractivity contribution in [2.75, 3.05) is 0 Å². The van der Waals surface area contributed by atoms with Crippen molar-refractivity contribution < 1.29 is 9.90 Å². The molecule has 18 heavy (non-hydrogen) atoms. The van der Waals surface area contributed by atoms with Gasteiger partial charge in [-0.05, 0) is 30.5 Å². The lowest BCUT2D eigenvalue weighted by atomic mass is 9.80. The Kier molecular flexibility index (Phi) is 4.31. The molecule has 1 aromatic rings. The molecular weight excluding hydrogens is 271 g/mol. The fourth-order valence-corrected chi connectivity index (χ4v) is 2.74. The predicted octanol–water partition coefficient (Wildman–Crippen LogP) is 3.80. The SMILES string of the molecule is O=C(Cc1ccc(Cl)c(Cl)c1)C1(O)CCCCC1. The summed E-state index contributed by atoms with van der Waals surface area (Å²) in [6, 6.07) is 5.14. The molecule has 0 heterocycles. The number of Topliss-reactive ketones (excluding diaryl/α,β-unsaturated/α-hetero) is 1. The zero-order valence-electron chi connectivity index (χ0n) is 10.1. The minimum atomic E-state index is -1.13. The Labute approximate surface area is 117 Å². The molecule has 0 aromatic heterocycles. The fraction of sp³-hybridized carbons (Fsp3) is 0.500. The van der Waals surface area contributed by atoms with Crippen LogP contribution in [0.25, 0.3) is 0 Å². The van der Waals surface area contributed by atoms with Crippen LogP contribution in [0.2, 0.25) is 10.0 Å². The Morgan fingerprint density at radius 2 is 1.83 bits per heavy atom. The molecule has 0 unspecified atom stereocenters. The molecule has 1 aliphatic carbocycles. The van der Waals surface area contributed by atoms with Crippen LogP contribution in [-0.2, 0) is 11.2 Å². The Hall–Kier alpha value is -0.570. The van der Waals surface area contributed by atoms with Gasteiger partial charge in [0, 0.05) is 6.42 Å². The van der Waals surface area contributed by atoms with Gasteiger partial charge in [0.2, 0.25) is 0 Å². The Bertz CT molecular complexity index is 451. The Balaban J connectivity index is 2.08. The van der Waals surface area contributed by atoms with Gasteiger partial charge < -0.3 is 5.11 Å². The van der Waals surface area contributed by atoms with Gasteiger partial charge in [0.05, 0.1) is 10.0 Å². The fourth-order valence-electron chi connectivity index (χ4n) is 2.42. The quantitative estimate of drug-likeness (QED) is 0.918. The summed E-state index contributed by atoms with van der Waals surface area (Å²) in [4.78, 5) is 12.2. The lowest BCUT2D eigenvalue weighted by Crippen LogP contribution is -2.41. The molecule has 4 heteroatoms. The van der Waals surface area contributed by atoms with Crippen LogP contribution in [0, 0.1) is 0 Å². The van der Waals surface area contributed by atoms with E-state index in [0.29, 0.717) is 22.9 Å². The van der Waals surface area contributed by atoms with Crippen LogP contribution in [0.4, 0.5) is 0 Å². The van der Waals surface area contributed by atoms with Crippen molar-refractivity contribution in [2.24, 2.45) is 0 Å². The maximum absolute atomic E-state index is 12.2. The molecule has 1 saturated carbocycles. The molecule has 2 rings (SSSR count). The second-order valence-corrected chi connectivity index (χ2v) is 5.76. The first-order chi connectivity index (χ1) is 8.51. The summed E-state index contributed by atoms with van der Waals surface area (Å²) in [6.07, 6.45) is 4.31. The highest BCUT2D eigenvalue weighted by atomic mass is 35.5. The van der Waals surface area contributed by atoms with Crippen LogP contribution in [0.15, 0.2) is 18.2 Å². The summed E-state index contributed by atoms with van der Waals surface area (Å²) >= 11 is 11.7. The van der Waals surface area contributed by atoms with Crippen LogP contribution in [0.3, 0.4) is 0 Å². The number of hydrogen-bond donors (Lipinski definition) is 1. The minimum Gasteiger partial charge on any atom is -0.382 e. The highest BCUT2D eigenvalue weighted by Crippen LogP contribution is 2.30. The Morgan fingerprint density at radius 3 is 2.44 bits per heavy atom. The molecule has 1 aliphatic rings. The van der Waals surface area contributed by atoms with E-state index in [0.717, 1.165) is 24.8 Å². The zero-order chi connectivity index (χ0) is 13.2. The van der Waals surface area contributed by atoms with Gasteiger partial charge in [-0.15, -0.1) is 0 Å². The molecule has 0 atom stereocenters. The number of halogens is 2. The molecule has 0 radical (unpaired) electrons. The third-order valence-corrected chi connectivity index (χ3v) is 4.29. The Morgan fingerprint density at radius 1 is 1.17 bits per heavy atom. The van der Waals surface area contributed by atoms with Crippen LogP contribution in [0.1, 0.15) is 37.7 Å². The van der Waals surface area contributed by atoms with E-state index < -0.39 is 5.60 Å². The normalized spacial score (nSPS) is 18.6. The van der Waals surface area contributed by atoms with Crippen LogP contribution in [-0.4, -0.2) is 16.5 Å². The lowest BCUT2D eigenvalue weighted by Gasteiger charge is -2.30. The standard InChI is InChI=1S/C14H16Cl2O2/c15-11-5-4-10(8-12(11)16)9-13(17)14(18)6-2-1-3-7-14/h4-5,8,18H,1-3,6-7,9H2. The summed E-state index contributed by atoms with van der Waals surface area (Å²) < 4.78 is 0. The average Bonchev–Trinajstić information content (AvgIpc) is 2.35. The first kappa shape index (κ1) is 13.9. The van der Waals surface area contributed by atoms with E-state index in [9.17, 15) is 9.90 Å². The van der Waals surface area contributed by atoms with Gasteiger partial charge in [0.15, 0.2) is 5.78 Å². The molecule has 0 spiro atoms. The summed E-state index contributed by atoms with van der Waals surface area (Å²) in [5, 5.41) is 11.2. The van der Waals surface area contributed by atoms with E-state index in [1.165, 1.54) is 0 Å². The molecule has 1 N–H and O–H groups in total. The van der Waals surface area contributed by atoms with Gasteiger partial charge in [0.25, 0.3) is 0 Å². The van der Waals surface area contributed by atoms with E-state index in [4.69, 9.17) is 23.2 Å². The van der Waals surface area contributed by atoms with Crippen molar-refractivity contribution >= 4 is 29.0 Å². The summed E-state index contributed by atoms with van der Waals surface area (Å²) in [5.74, 6) is -0.111. The number of aliphatic hydroxyl groups is 1. The summed E-state index contributed by atoms with van der Waals surface area (Å²) in [6.45, 7) is 0. The molecule has 98 valence electrons. The van der Waals surface area contributed by atoms with Crippen molar-refractivity contribution in [3.63, 3.8) is 0 Å². The van der Waals surface area contributed by atoms with E-state index in [-0.39, 0.29) is 12.2 Å². The van der Waals surface area contributed by atoms with Crippen LogP contribution < -0.4 is 0 Å². The van der Waals surface area contributed by atoms with Crippen molar-refractivity contribution in [2.45, 2.75) is 44.1 Å². The van der Waals surface area contributed by atoms with Gasteiger partial charge >= 0.3 is 0 Å². The van der Waals surface area contributed by atoms with Gasteiger partial charge in [0.1, 0.15) is 5.60 Å². The minimum absolute atomic E-state index is 0.111. The highest BCUT2D eigenvalue weighted by molar-refractivity contribution is 6.42. The number of ketones is 1. The topological polar surface area (TPSA) is 37.3 Å². The largest absolute Gasteiger partial charge is 0.382 e. The summed E-state index contributed by atoms with van der Waals surface area (Å²) in [5.41, 5.74) is -0.335. The monoisotopic (exact) mass is 286 g/mol. The van der Waals surface area contributed by atoms with Gasteiger partial charge in [-0.25, -0.2) is 0 Å². The van der Waals surface area contributed by atoms with Crippen molar-refractivity contribution in [1.29, 1.82) is 0 Å². The van der Waals surface area contributed by atoms with E-state index in [1.54, 1.807) is 18.2 Å². The predicted molar refractivity (Wildman–Crippen MR) is 73.2 cm³/mol. The molecule has 1 aromatic carbocycles. The maximum Gasteiger partial charge on any atom is 0.168 e. The van der Waals surface area contributed by atoms with Gasteiger partial charge in [-0.2, -0.15) is 0 Å². The molecule has 0 bridgehead atoms. The second-order valence-electron chi connectivity index (χ2n) is 4.94. The third-order valence-electron chi connectivity index (χ3n) is 3.55. The third kappa shape index (κ3) is 3.05. The smallest absolute Gasteiger partial charge is 0.168 e. The number of benzene rings is 1. The highest BCUT2D eigenvalue weighted by Gasteiger charge is 2.36. The second kappa shape index (κ2) is 5.60. The van der Waals surface area contributed by atoms with Crippen LogP contribution in [0.5, 0.6) is 0 Å². The van der Waals surface area contributed by atoms with Gasteiger partial charge in [-0.1, -0.05) is 48.5 Å². The molecular formula is C14H16Cl2O2. The first-order valence-electron chi connectivity index (χ1n) is 6.21. The van der Waals surface area contributed by atoms with E-state index in [2.05, 4.69) is 0 Å². The van der Waals surface area contributed by atoms with Crippen molar-refractivity contribution in [3.8, 4) is 0 Å².